The van der Waals surface area contributed by atoms with E-state index in [1.54, 1.807) is 0 Å². The smallest absolute Gasteiger partial charge is 0.230 e. The van der Waals surface area contributed by atoms with Gasteiger partial charge in [0.15, 0.2) is 5.58 Å². The first-order valence-corrected chi connectivity index (χ1v) is 7.87. The maximum Gasteiger partial charge on any atom is 0.230 e. The molecule has 1 heterocycles. The summed E-state index contributed by atoms with van der Waals surface area (Å²) in [7, 11) is 3.93. The molecule has 0 spiro atoms. The molecule has 0 atom stereocenters. The van der Waals surface area contributed by atoms with Crippen LogP contribution < -0.4 is 10.2 Å². The van der Waals surface area contributed by atoms with Crippen LogP contribution in [0.3, 0.4) is 0 Å². The number of hydrogen-bond acceptors (Lipinski definition) is 4. The third kappa shape index (κ3) is 3.25. The first-order chi connectivity index (χ1) is 11.4. The van der Waals surface area contributed by atoms with Crippen molar-refractivity contribution >= 4 is 28.3 Å². The van der Waals surface area contributed by atoms with Crippen molar-refractivity contribution in [2.45, 2.75) is 20.3 Å². The van der Waals surface area contributed by atoms with E-state index >= 15 is 0 Å². The van der Waals surface area contributed by atoms with Gasteiger partial charge in [0.25, 0.3) is 0 Å². The molecule has 0 fully saturated rings. The van der Waals surface area contributed by atoms with Gasteiger partial charge in [0.05, 0.1) is 6.42 Å². The SMILES string of the molecule is Cc1cc(C)c2c(CC(=O)Nc3cccc(N(C)C)c3)noc2c1. The van der Waals surface area contributed by atoms with Gasteiger partial charge in [-0.15, -0.1) is 0 Å². The molecule has 2 aromatic carbocycles. The second-order valence-corrected chi connectivity index (χ2v) is 6.25. The Labute approximate surface area is 141 Å². The quantitative estimate of drug-likeness (QED) is 0.795. The predicted molar refractivity (Wildman–Crippen MR) is 96.6 cm³/mol. The molecule has 1 N–H and O–H groups in total. The minimum Gasteiger partial charge on any atom is -0.378 e. The highest BCUT2D eigenvalue weighted by Crippen LogP contribution is 2.25. The van der Waals surface area contributed by atoms with Crippen LogP contribution in [0.1, 0.15) is 16.8 Å². The maximum atomic E-state index is 12.4. The van der Waals surface area contributed by atoms with Gasteiger partial charge in [-0.1, -0.05) is 17.3 Å². The Morgan fingerprint density at radius 1 is 1.21 bits per heavy atom. The molecule has 0 saturated heterocycles. The van der Waals surface area contributed by atoms with E-state index in [2.05, 4.69) is 16.5 Å². The maximum absolute atomic E-state index is 12.4. The Morgan fingerprint density at radius 3 is 2.75 bits per heavy atom. The Hall–Kier alpha value is -2.82. The monoisotopic (exact) mass is 323 g/mol. The van der Waals surface area contributed by atoms with Crippen molar-refractivity contribution in [3.8, 4) is 0 Å². The van der Waals surface area contributed by atoms with Crippen LogP contribution in [0.4, 0.5) is 11.4 Å². The topological polar surface area (TPSA) is 58.4 Å². The molecule has 5 heteroatoms. The second-order valence-electron chi connectivity index (χ2n) is 6.25. The van der Waals surface area contributed by atoms with Gasteiger partial charge in [-0.05, 0) is 49.2 Å². The molecule has 0 unspecified atom stereocenters. The summed E-state index contributed by atoms with van der Waals surface area (Å²) < 4.78 is 5.38. The summed E-state index contributed by atoms with van der Waals surface area (Å²) in [6, 6.07) is 11.7. The molecule has 0 radical (unpaired) electrons. The fourth-order valence-corrected chi connectivity index (χ4v) is 2.86. The van der Waals surface area contributed by atoms with E-state index < -0.39 is 0 Å². The van der Waals surface area contributed by atoms with Crippen molar-refractivity contribution in [3.63, 3.8) is 0 Å². The summed E-state index contributed by atoms with van der Waals surface area (Å²) in [6.45, 7) is 4.02. The summed E-state index contributed by atoms with van der Waals surface area (Å²) in [4.78, 5) is 14.4. The van der Waals surface area contributed by atoms with Crippen molar-refractivity contribution in [1.29, 1.82) is 0 Å². The molecule has 3 aromatic rings. The summed E-state index contributed by atoms with van der Waals surface area (Å²) in [6.07, 6.45) is 0.184. The van der Waals surface area contributed by atoms with E-state index in [9.17, 15) is 4.79 Å². The predicted octanol–water partition coefficient (Wildman–Crippen LogP) is 3.69. The molecule has 24 heavy (non-hydrogen) atoms. The first kappa shape index (κ1) is 16.1. The lowest BCUT2D eigenvalue weighted by molar-refractivity contribution is -0.115. The number of aromatic nitrogens is 1. The van der Waals surface area contributed by atoms with E-state index in [0.29, 0.717) is 5.69 Å². The number of rotatable bonds is 4. The highest BCUT2D eigenvalue weighted by atomic mass is 16.5. The lowest BCUT2D eigenvalue weighted by Crippen LogP contribution is -2.15. The number of amides is 1. The van der Waals surface area contributed by atoms with Crippen LogP contribution in [-0.2, 0) is 11.2 Å². The Bertz CT molecular complexity index is 897. The van der Waals surface area contributed by atoms with Gasteiger partial charge in [-0.2, -0.15) is 0 Å². The highest BCUT2D eigenvalue weighted by molar-refractivity contribution is 5.95. The van der Waals surface area contributed by atoms with Crippen LogP contribution in [-0.4, -0.2) is 25.2 Å². The van der Waals surface area contributed by atoms with Crippen LogP contribution in [0.5, 0.6) is 0 Å². The molecule has 5 nitrogen and oxygen atoms in total. The van der Waals surface area contributed by atoms with Gasteiger partial charge in [0.1, 0.15) is 5.69 Å². The number of aryl methyl sites for hydroxylation is 2. The van der Waals surface area contributed by atoms with Gasteiger partial charge in [-0.25, -0.2) is 0 Å². The molecule has 0 saturated carbocycles. The number of benzene rings is 2. The van der Waals surface area contributed by atoms with Crippen molar-refractivity contribution in [3.05, 3.63) is 53.2 Å². The largest absolute Gasteiger partial charge is 0.378 e. The van der Waals surface area contributed by atoms with Crippen LogP contribution >= 0.6 is 0 Å². The van der Waals surface area contributed by atoms with E-state index in [4.69, 9.17) is 4.52 Å². The fourth-order valence-electron chi connectivity index (χ4n) is 2.86. The lowest BCUT2D eigenvalue weighted by Gasteiger charge is -2.13. The van der Waals surface area contributed by atoms with Crippen molar-refractivity contribution in [2.24, 2.45) is 0 Å². The van der Waals surface area contributed by atoms with Crippen LogP contribution in [0.15, 0.2) is 40.9 Å². The Balaban J connectivity index is 1.79. The minimum absolute atomic E-state index is 0.110. The molecule has 124 valence electrons. The van der Waals surface area contributed by atoms with Gasteiger partial charge in [-0.3, -0.25) is 4.79 Å². The first-order valence-electron chi connectivity index (χ1n) is 7.87. The number of carbonyl (C=O) groups excluding carboxylic acids is 1. The molecule has 0 aliphatic rings. The molecule has 1 amide bonds. The zero-order valence-corrected chi connectivity index (χ0v) is 14.4. The van der Waals surface area contributed by atoms with Crippen LogP contribution in [0.25, 0.3) is 11.0 Å². The molecular formula is C19H21N3O2. The van der Waals surface area contributed by atoms with E-state index in [-0.39, 0.29) is 12.3 Å². The molecular weight excluding hydrogens is 302 g/mol. The summed E-state index contributed by atoms with van der Waals surface area (Å²) >= 11 is 0. The number of carbonyl (C=O) groups is 1. The van der Waals surface area contributed by atoms with E-state index in [1.807, 2.05) is 63.2 Å². The molecule has 0 aliphatic heterocycles. The number of anilines is 2. The van der Waals surface area contributed by atoms with Crippen molar-refractivity contribution in [1.82, 2.24) is 5.16 Å². The number of nitrogens with one attached hydrogen (secondary N) is 1. The van der Waals surface area contributed by atoms with Crippen molar-refractivity contribution < 1.29 is 9.32 Å². The molecule has 0 aliphatic carbocycles. The van der Waals surface area contributed by atoms with Gasteiger partial charge >= 0.3 is 0 Å². The van der Waals surface area contributed by atoms with Gasteiger partial charge in [0.2, 0.25) is 5.91 Å². The minimum atomic E-state index is -0.110. The van der Waals surface area contributed by atoms with Crippen LogP contribution in [0.2, 0.25) is 0 Å². The standard InChI is InChI=1S/C19H21N3O2/c1-12-8-13(2)19-16(21-24-17(19)9-12)11-18(23)20-14-6-5-7-15(10-14)22(3)4/h5-10H,11H2,1-4H3,(H,20,23). The Kier molecular flexibility index (Phi) is 4.25. The zero-order chi connectivity index (χ0) is 17.3. The number of nitrogens with zero attached hydrogens (tertiary/aromatic N) is 2. The van der Waals surface area contributed by atoms with E-state index in [1.165, 1.54) is 0 Å². The third-order valence-corrected chi connectivity index (χ3v) is 3.96. The molecule has 3 rings (SSSR count). The molecule has 0 bridgehead atoms. The number of fused-ring (bicyclic) bond motifs is 1. The van der Waals surface area contributed by atoms with Crippen molar-refractivity contribution in [2.75, 3.05) is 24.3 Å². The summed E-state index contributed by atoms with van der Waals surface area (Å²) in [5, 5.41) is 7.93. The summed E-state index contributed by atoms with van der Waals surface area (Å²) in [5.41, 5.74) is 5.39. The fraction of sp³-hybridized carbons (Fsp3) is 0.263. The van der Waals surface area contributed by atoms with Gasteiger partial charge in [0, 0.05) is 30.9 Å². The lowest BCUT2D eigenvalue weighted by atomic mass is 10.0. The average Bonchev–Trinajstić information content (AvgIpc) is 2.90. The van der Waals surface area contributed by atoms with Crippen LogP contribution in [0, 0.1) is 13.8 Å². The molecule has 1 aromatic heterocycles. The number of hydrogen-bond donors (Lipinski definition) is 1. The zero-order valence-electron chi connectivity index (χ0n) is 14.4. The normalized spacial score (nSPS) is 10.8. The Morgan fingerprint density at radius 2 is 2.00 bits per heavy atom. The summed E-state index contributed by atoms with van der Waals surface area (Å²) in [5.74, 6) is -0.110. The average molecular weight is 323 g/mol. The van der Waals surface area contributed by atoms with Gasteiger partial charge < -0.3 is 14.7 Å². The third-order valence-electron chi connectivity index (χ3n) is 3.96. The van der Waals surface area contributed by atoms with E-state index in [0.717, 1.165) is 33.5 Å². The second kappa shape index (κ2) is 6.35. The highest BCUT2D eigenvalue weighted by Gasteiger charge is 2.15.